The molecule has 0 radical (unpaired) electrons. The Morgan fingerprint density at radius 2 is 1.37 bits per heavy atom. The van der Waals surface area contributed by atoms with Crippen molar-refractivity contribution in [3.63, 3.8) is 0 Å². The average Bonchev–Trinajstić information content (AvgIpc) is 2.36. The molecule has 2 aromatic rings. The number of halogens is 2. The van der Waals surface area contributed by atoms with Crippen LogP contribution in [-0.4, -0.2) is 13.1 Å². The van der Waals surface area contributed by atoms with E-state index in [4.69, 9.17) is 0 Å². The van der Waals surface area contributed by atoms with Gasteiger partial charge in [-0.2, -0.15) is 0 Å². The predicted molar refractivity (Wildman–Crippen MR) is 78.7 cm³/mol. The van der Waals surface area contributed by atoms with Crippen LogP contribution >= 0.6 is 0 Å². The molecule has 0 unspecified atom stereocenters. The Balaban J connectivity index is 0.00000200. The van der Waals surface area contributed by atoms with E-state index < -0.39 is 11.6 Å². The predicted octanol–water partition coefficient (Wildman–Crippen LogP) is 4.29. The summed E-state index contributed by atoms with van der Waals surface area (Å²) < 4.78 is 25.9. The Kier molecular flexibility index (Phi) is 4.34. The van der Waals surface area contributed by atoms with Crippen molar-refractivity contribution in [2.24, 2.45) is 0 Å². The molecule has 0 spiro atoms. The van der Waals surface area contributed by atoms with Crippen LogP contribution in [0, 0.1) is 18.6 Å². The summed E-state index contributed by atoms with van der Waals surface area (Å²) in [7, 11) is 0. The summed E-state index contributed by atoms with van der Waals surface area (Å²) in [6, 6.07) is 11.4. The van der Waals surface area contributed by atoms with Gasteiger partial charge in [-0.15, -0.1) is 0 Å². The highest BCUT2D eigenvalue weighted by Crippen LogP contribution is 2.12. The van der Waals surface area contributed by atoms with Crippen LogP contribution in [0.1, 0.15) is 8.42 Å². The van der Waals surface area contributed by atoms with E-state index in [2.05, 4.69) is 10.6 Å². The van der Waals surface area contributed by atoms with Gasteiger partial charge in [0.15, 0.2) is 0 Å². The van der Waals surface area contributed by atoms with Gasteiger partial charge in [0.2, 0.25) is 0 Å². The number of benzene rings is 2. The second-order valence-corrected chi connectivity index (χ2v) is 4.38. The number of hydrogen-bond donors (Lipinski definition) is 2. The molecule has 0 heterocycles. The fourth-order valence-corrected chi connectivity index (χ4v) is 1.74. The van der Waals surface area contributed by atoms with Crippen LogP contribution in [0.2, 0.25) is 0 Å². The molecular weight excluding hydrogens is 246 g/mol. The van der Waals surface area contributed by atoms with Crippen molar-refractivity contribution in [2.75, 3.05) is 23.7 Å². The first-order chi connectivity index (χ1) is 9.13. The Morgan fingerprint density at radius 3 is 1.95 bits per heavy atom. The van der Waals surface area contributed by atoms with E-state index in [0.29, 0.717) is 18.8 Å². The van der Waals surface area contributed by atoms with Gasteiger partial charge in [-0.05, 0) is 31.2 Å². The molecule has 0 aromatic heterocycles. The lowest BCUT2D eigenvalue weighted by atomic mass is 10.2. The number of nitrogens with one attached hydrogen (secondary N) is 2. The van der Waals surface area contributed by atoms with Crippen molar-refractivity contribution in [2.45, 2.75) is 6.92 Å². The first kappa shape index (κ1) is 13.3. The summed E-state index contributed by atoms with van der Waals surface area (Å²) in [5.41, 5.74) is 2.68. The molecular formula is C15H20F2N2. The van der Waals surface area contributed by atoms with Crippen LogP contribution in [0.4, 0.5) is 20.2 Å². The highest BCUT2D eigenvalue weighted by molar-refractivity contribution is 5.46. The summed E-state index contributed by atoms with van der Waals surface area (Å²) in [4.78, 5) is 0. The summed E-state index contributed by atoms with van der Waals surface area (Å²) in [6.45, 7) is 3.28. The summed E-state index contributed by atoms with van der Waals surface area (Å²) in [6.07, 6.45) is 0. The maximum Gasteiger partial charge on any atom is 0.128 e. The van der Waals surface area contributed by atoms with Crippen LogP contribution in [0.3, 0.4) is 0 Å². The molecule has 2 N–H and O–H groups in total. The molecule has 0 aliphatic carbocycles. The minimum Gasteiger partial charge on any atom is -0.383 e. The smallest absolute Gasteiger partial charge is 0.128 e. The SMILES string of the molecule is Cc1ccc(NCCNc2cc(F)cc(F)c2)cc1.[HH].[HH]. The maximum absolute atomic E-state index is 12.9. The van der Waals surface area contributed by atoms with E-state index >= 15 is 0 Å². The van der Waals surface area contributed by atoms with Crippen molar-refractivity contribution >= 4 is 11.4 Å². The molecule has 2 nitrogen and oxygen atoms in total. The molecule has 0 atom stereocenters. The van der Waals surface area contributed by atoms with Crippen LogP contribution in [0.25, 0.3) is 0 Å². The van der Waals surface area contributed by atoms with Gasteiger partial charge in [0.25, 0.3) is 0 Å². The Bertz CT molecular complexity index is 528. The van der Waals surface area contributed by atoms with E-state index in [-0.39, 0.29) is 2.85 Å². The van der Waals surface area contributed by atoms with E-state index in [1.165, 1.54) is 17.7 Å². The molecule has 0 aliphatic heterocycles. The minimum atomic E-state index is -0.575. The quantitative estimate of drug-likeness (QED) is 0.789. The van der Waals surface area contributed by atoms with E-state index in [1.807, 2.05) is 31.2 Å². The Labute approximate surface area is 114 Å². The first-order valence-electron chi connectivity index (χ1n) is 6.14. The number of rotatable bonds is 5. The summed E-state index contributed by atoms with van der Waals surface area (Å²) in [5.74, 6) is -1.15. The van der Waals surface area contributed by atoms with Gasteiger partial charge >= 0.3 is 0 Å². The second-order valence-electron chi connectivity index (χ2n) is 4.38. The van der Waals surface area contributed by atoms with E-state index in [9.17, 15) is 8.78 Å². The van der Waals surface area contributed by atoms with Gasteiger partial charge < -0.3 is 10.6 Å². The van der Waals surface area contributed by atoms with Crippen LogP contribution in [0.15, 0.2) is 42.5 Å². The third-order valence-corrected chi connectivity index (χ3v) is 2.70. The van der Waals surface area contributed by atoms with Gasteiger partial charge in [-0.25, -0.2) is 8.78 Å². The van der Waals surface area contributed by atoms with E-state index in [1.54, 1.807) is 0 Å². The number of anilines is 2. The normalized spacial score (nSPS) is 10.3. The molecule has 0 bridgehead atoms. The molecule has 4 heteroatoms. The molecule has 19 heavy (non-hydrogen) atoms. The fourth-order valence-electron chi connectivity index (χ4n) is 1.74. The van der Waals surface area contributed by atoms with Gasteiger partial charge in [0, 0.05) is 33.4 Å². The summed E-state index contributed by atoms with van der Waals surface area (Å²) in [5, 5.41) is 6.19. The number of aryl methyl sites for hydroxylation is 1. The summed E-state index contributed by atoms with van der Waals surface area (Å²) >= 11 is 0. The second kappa shape index (κ2) is 6.18. The first-order valence-corrected chi connectivity index (χ1v) is 6.14. The van der Waals surface area contributed by atoms with Gasteiger partial charge in [-0.3, -0.25) is 0 Å². The van der Waals surface area contributed by atoms with Crippen molar-refractivity contribution in [3.05, 3.63) is 59.7 Å². The highest BCUT2D eigenvalue weighted by atomic mass is 19.1. The topological polar surface area (TPSA) is 24.1 Å². The van der Waals surface area contributed by atoms with Crippen LogP contribution in [0.5, 0.6) is 0 Å². The zero-order valence-corrected chi connectivity index (χ0v) is 10.7. The lowest BCUT2D eigenvalue weighted by Gasteiger charge is -2.09. The third kappa shape index (κ3) is 4.25. The van der Waals surface area contributed by atoms with Gasteiger partial charge in [0.1, 0.15) is 11.6 Å². The molecule has 0 fully saturated rings. The standard InChI is InChI=1S/C15H16F2N2.2H2/c1-11-2-4-14(5-3-11)18-6-7-19-15-9-12(16)8-13(17)10-15;;/h2-5,8-10,18-19H,6-7H2,1H3;2*1H. The highest BCUT2D eigenvalue weighted by Gasteiger charge is 1.99. The lowest BCUT2D eigenvalue weighted by Crippen LogP contribution is -2.13. The van der Waals surface area contributed by atoms with E-state index in [0.717, 1.165) is 11.8 Å². The third-order valence-electron chi connectivity index (χ3n) is 2.70. The minimum absolute atomic E-state index is 0. The molecule has 104 valence electrons. The van der Waals surface area contributed by atoms with Crippen molar-refractivity contribution in [3.8, 4) is 0 Å². The zero-order chi connectivity index (χ0) is 13.7. The fraction of sp³-hybridized carbons (Fsp3) is 0.200. The largest absolute Gasteiger partial charge is 0.383 e. The van der Waals surface area contributed by atoms with Crippen molar-refractivity contribution in [1.82, 2.24) is 0 Å². The number of hydrogen-bond acceptors (Lipinski definition) is 2. The zero-order valence-electron chi connectivity index (χ0n) is 10.7. The molecule has 2 aromatic carbocycles. The maximum atomic E-state index is 12.9. The monoisotopic (exact) mass is 266 g/mol. The van der Waals surface area contributed by atoms with Crippen molar-refractivity contribution in [1.29, 1.82) is 0 Å². The molecule has 0 amide bonds. The van der Waals surface area contributed by atoms with Gasteiger partial charge in [0.05, 0.1) is 0 Å². The average molecular weight is 266 g/mol. The molecule has 2 rings (SSSR count). The van der Waals surface area contributed by atoms with Crippen molar-refractivity contribution < 1.29 is 11.6 Å². The Hall–Kier alpha value is -2.10. The lowest BCUT2D eigenvalue weighted by molar-refractivity contribution is 0.584. The van der Waals surface area contributed by atoms with Gasteiger partial charge in [-0.1, -0.05) is 17.7 Å². The van der Waals surface area contributed by atoms with Crippen LogP contribution < -0.4 is 10.6 Å². The molecule has 0 aliphatic rings. The molecule has 0 saturated heterocycles. The Morgan fingerprint density at radius 1 is 0.842 bits per heavy atom. The van der Waals surface area contributed by atoms with Crippen LogP contribution in [-0.2, 0) is 0 Å². The molecule has 0 saturated carbocycles.